The molecule has 122 valence electrons. The van der Waals surface area contributed by atoms with Crippen LogP contribution in [0.25, 0.3) is 0 Å². The molecule has 1 amide bonds. The van der Waals surface area contributed by atoms with Crippen molar-refractivity contribution in [3.05, 3.63) is 60.2 Å². The largest absolute Gasteiger partial charge is 0.326 e. The highest BCUT2D eigenvalue weighted by Gasteiger charge is 2.05. The van der Waals surface area contributed by atoms with Crippen LogP contribution in [0.2, 0.25) is 0 Å². The van der Waals surface area contributed by atoms with Crippen LogP contribution < -0.4 is 10.6 Å². The van der Waals surface area contributed by atoms with E-state index in [2.05, 4.69) is 25.8 Å². The minimum atomic E-state index is -0.0729. The van der Waals surface area contributed by atoms with Gasteiger partial charge in [-0.2, -0.15) is 4.98 Å². The van der Waals surface area contributed by atoms with Crippen LogP contribution in [0.5, 0.6) is 0 Å². The summed E-state index contributed by atoms with van der Waals surface area (Å²) in [6.45, 7) is 1.49. The van der Waals surface area contributed by atoms with Crippen LogP contribution in [0.3, 0.4) is 0 Å². The van der Waals surface area contributed by atoms with Crippen LogP contribution in [0, 0.1) is 0 Å². The Balaban J connectivity index is 1.54. The van der Waals surface area contributed by atoms with E-state index in [4.69, 9.17) is 0 Å². The fourth-order valence-corrected chi connectivity index (χ4v) is 2.81. The molecule has 0 radical (unpaired) electrons. The number of aromatic nitrogens is 3. The van der Waals surface area contributed by atoms with E-state index in [9.17, 15) is 4.79 Å². The second-order valence-corrected chi connectivity index (χ2v) is 6.07. The standard InChI is InChI=1S/C17H17N5OS/c1-12(23)18-15-9-7-13(8-10-15)11-24-17-20-16(21-22-17)19-14-5-3-2-4-6-14/h2-10H,11H2,1H3,(H,18,23)(H2,19,20,21,22). The van der Waals surface area contributed by atoms with Gasteiger partial charge in [-0.3, -0.25) is 4.79 Å². The first-order chi connectivity index (χ1) is 11.7. The Kier molecular flexibility index (Phi) is 5.12. The minimum Gasteiger partial charge on any atom is -0.326 e. The lowest BCUT2D eigenvalue weighted by Gasteiger charge is -2.03. The molecule has 0 aliphatic heterocycles. The summed E-state index contributed by atoms with van der Waals surface area (Å²) >= 11 is 1.54. The molecule has 0 spiro atoms. The van der Waals surface area contributed by atoms with E-state index < -0.39 is 0 Å². The number of para-hydroxylation sites is 1. The van der Waals surface area contributed by atoms with Gasteiger partial charge < -0.3 is 10.6 Å². The van der Waals surface area contributed by atoms with E-state index in [1.807, 2.05) is 54.6 Å². The number of hydrogen-bond acceptors (Lipinski definition) is 5. The lowest BCUT2D eigenvalue weighted by Crippen LogP contribution is -2.05. The van der Waals surface area contributed by atoms with Gasteiger partial charge in [0.1, 0.15) is 0 Å². The number of aromatic amines is 1. The molecule has 1 heterocycles. The third kappa shape index (κ3) is 4.60. The summed E-state index contributed by atoms with van der Waals surface area (Å²) in [4.78, 5) is 15.4. The van der Waals surface area contributed by atoms with Gasteiger partial charge in [-0.1, -0.05) is 42.1 Å². The smallest absolute Gasteiger partial charge is 0.223 e. The first kappa shape index (κ1) is 16.1. The average Bonchev–Trinajstić information content (AvgIpc) is 3.02. The molecule has 24 heavy (non-hydrogen) atoms. The predicted octanol–water partition coefficient (Wildman–Crippen LogP) is 3.80. The summed E-state index contributed by atoms with van der Waals surface area (Å²) < 4.78 is 0. The van der Waals surface area contributed by atoms with E-state index in [1.165, 1.54) is 6.92 Å². The highest BCUT2D eigenvalue weighted by atomic mass is 32.2. The molecule has 0 aliphatic rings. The molecule has 0 fully saturated rings. The molecule has 0 saturated heterocycles. The van der Waals surface area contributed by atoms with Crippen molar-refractivity contribution >= 4 is 35.0 Å². The van der Waals surface area contributed by atoms with Crippen LogP contribution in [-0.2, 0) is 10.5 Å². The van der Waals surface area contributed by atoms with E-state index in [-0.39, 0.29) is 5.91 Å². The number of rotatable bonds is 6. The van der Waals surface area contributed by atoms with Gasteiger partial charge in [0.15, 0.2) is 0 Å². The summed E-state index contributed by atoms with van der Waals surface area (Å²) in [5.74, 6) is 1.30. The molecule has 0 aliphatic carbocycles. The van der Waals surface area contributed by atoms with Gasteiger partial charge in [-0.25, -0.2) is 5.10 Å². The maximum absolute atomic E-state index is 11.0. The van der Waals surface area contributed by atoms with Gasteiger partial charge in [0.25, 0.3) is 0 Å². The minimum absolute atomic E-state index is 0.0729. The number of amides is 1. The first-order valence-electron chi connectivity index (χ1n) is 7.43. The van der Waals surface area contributed by atoms with E-state index >= 15 is 0 Å². The van der Waals surface area contributed by atoms with E-state index in [0.717, 1.165) is 22.7 Å². The van der Waals surface area contributed by atoms with E-state index in [0.29, 0.717) is 11.1 Å². The molecule has 3 aromatic rings. The van der Waals surface area contributed by atoms with Crippen LogP contribution in [0.1, 0.15) is 12.5 Å². The number of carbonyl (C=O) groups is 1. The third-order valence-corrected chi connectivity index (χ3v) is 4.06. The Bertz CT molecular complexity index is 801. The van der Waals surface area contributed by atoms with Gasteiger partial charge in [0.05, 0.1) is 0 Å². The number of benzene rings is 2. The van der Waals surface area contributed by atoms with E-state index in [1.54, 1.807) is 11.8 Å². The number of H-pyrrole nitrogens is 1. The number of nitrogens with one attached hydrogen (secondary N) is 3. The monoisotopic (exact) mass is 339 g/mol. The van der Waals surface area contributed by atoms with Crippen molar-refractivity contribution in [2.24, 2.45) is 0 Å². The molecule has 0 atom stereocenters. The van der Waals surface area contributed by atoms with Crippen molar-refractivity contribution in [3.63, 3.8) is 0 Å². The fourth-order valence-electron chi connectivity index (χ4n) is 2.06. The second kappa shape index (κ2) is 7.65. The lowest BCUT2D eigenvalue weighted by atomic mass is 10.2. The van der Waals surface area contributed by atoms with Crippen molar-refractivity contribution < 1.29 is 4.79 Å². The number of nitrogens with zero attached hydrogens (tertiary/aromatic N) is 2. The molecule has 0 bridgehead atoms. The SMILES string of the molecule is CC(=O)Nc1ccc(CSc2n[nH]c(Nc3ccccc3)n2)cc1. The van der Waals surface area contributed by atoms with Crippen molar-refractivity contribution in [1.82, 2.24) is 15.2 Å². The molecule has 6 nitrogen and oxygen atoms in total. The summed E-state index contributed by atoms with van der Waals surface area (Å²) in [5, 5.41) is 13.7. The topological polar surface area (TPSA) is 82.7 Å². The second-order valence-electron chi connectivity index (χ2n) is 5.12. The highest BCUT2D eigenvalue weighted by Crippen LogP contribution is 2.22. The van der Waals surface area contributed by atoms with Crippen LogP contribution >= 0.6 is 11.8 Å². The maximum atomic E-state index is 11.0. The highest BCUT2D eigenvalue weighted by molar-refractivity contribution is 7.98. The molecule has 0 saturated carbocycles. The van der Waals surface area contributed by atoms with Gasteiger partial charge in [-0.05, 0) is 29.8 Å². The van der Waals surface area contributed by atoms with Gasteiger partial charge in [0, 0.05) is 24.1 Å². The Morgan fingerprint density at radius 3 is 2.54 bits per heavy atom. The van der Waals surface area contributed by atoms with Crippen molar-refractivity contribution in [3.8, 4) is 0 Å². The Hall–Kier alpha value is -2.80. The van der Waals surface area contributed by atoms with Crippen molar-refractivity contribution in [1.29, 1.82) is 0 Å². The normalized spacial score (nSPS) is 10.4. The summed E-state index contributed by atoms with van der Waals surface area (Å²) in [5.41, 5.74) is 2.89. The van der Waals surface area contributed by atoms with Gasteiger partial charge in [-0.15, -0.1) is 5.10 Å². The van der Waals surface area contributed by atoms with Gasteiger partial charge in [0.2, 0.25) is 17.0 Å². The number of anilines is 3. The molecule has 0 unspecified atom stereocenters. The van der Waals surface area contributed by atoms with Crippen LogP contribution in [-0.4, -0.2) is 21.1 Å². The molecule has 3 N–H and O–H groups in total. The Morgan fingerprint density at radius 2 is 1.83 bits per heavy atom. The van der Waals surface area contributed by atoms with Crippen LogP contribution in [0.15, 0.2) is 59.8 Å². The van der Waals surface area contributed by atoms with Crippen molar-refractivity contribution in [2.75, 3.05) is 10.6 Å². The molecule has 7 heteroatoms. The average molecular weight is 339 g/mol. The molecule has 3 rings (SSSR count). The summed E-state index contributed by atoms with van der Waals surface area (Å²) in [6.07, 6.45) is 0. The molecule has 2 aromatic carbocycles. The number of hydrogen-bond donors (Lipinski definition) is 3. The molecular formula is C17H17N5OS. The van der Waals surface area contributed by atoms with Gasteiger partial charge >= 0.3 is 0 Å². The quantitative estimate of drug-likeness (QED) is 0.595. The fraction of sp³-hybridized carbons (Fsp3) is 0.118. The Labute approximate surface area is 144 Å². The summed E-state index contributed by atoms with van der Waals surface area (Å²) in [6, 6.07) is 17.5. The maximum Gasteiger partial charge on any atom is 0.223 e. The zero-order valence-corrected chi connectivity index (χ0v) is 13.9. The Morgan fingerprint density at radius 1 is 1.08 bits per heavy atom. The lowest BCUT2D eigenvalue weighted by molar-refractivity contribution is -0.114. The number of thioether (sulfide) groups is 1. The molecular weight excluding hydrogens is 322 g/mol. The first-order valence-corrected chi connectivity index (χ1v) is 8.41. The zero-order valence-electron chi connectivity index (χ0n) is 13.1. The third-order valence-electron chi connectivity index (χ3n) is 3.14. The zero-order chi connectivity index (χ0) is 16.8. The number of carbonyl (C=O) groups excluding carboxylic acids is 1. The summed E-state index contributed by atoms with van der Waals surface area (Å²) in [7, 11) is 0. The van der Waals surface area contributed by atoms with Crippen LogP contribution in [0.4, 0.5) is 17.3 Å². The predicted molar refractivity (Wildman–Crippen MR) is 96.4 cm³/mol. The molecule has 1 aromatic heterocycles. The van der Waals surface area contributed by atoms with Crippen molar-refractivity contribution in [2.45, 2.75) is 17.8 Å².